The first-order chi connectivity index (χ1) is 18.4. The van der Waals surface area contributed by atoms with E-state index in [0.29, 0.717) is 42.4 Å². The summed E-state index contributed by atoms with van der Waals surface area (Å²) < 4.78 is 32.6. The third-order valence-corrected chi connectivity index (χ3v) is 8.02. The Morgan fingerprint density at radius 3 is 2.55 bits per heavy atom. The fourth-order valence-electron chi connectivity index (χ4n) is 5.82. The van der Waals surface area contributed by atoms with E-state index in [9.17, 15) is 8.78 Å². The Labute approximate surface area is 223 Å². The van der Waals surface area contributed by atoms with Crippen LogP contribution in [0.1, 0.15) is 47.3 Å². The van der Waals surface area contributed by atoms with Crippen molar-refractivity contribution in [2.75, 3.05) is 42.6 Å². The summed E-state index contributed by atoms with van der Waals surface area (Å²) in [6.45, 7) is 3.46. The van der Waals surface area contributed by atoms with Gasteiger partial charge in [-0.2, -0.15) is 0 Å². The fraction of sp³-hybridized carbons (Fsp3) is 0.407. The van der Waals surface area contributed by atoms with E-state index in [-0.39, 0.29) is 24.8 Å². The van der Waals surface area contributed by atoms with Crippen LogP contribution in [0.3, 0.4) is 0 Å². The van der Waals surface area contributed by atoms with E-state index in [4.69, 9.17) is 31.3 Å². The van der Waals surface area contributed by atoms with Crippen molar-refractivity contribution in [1.29, 1.82) is 0 Å². The molecule has 2 aliphatic heterocycles. The molecule has 0 amide bonds. The predicted octanol–water partition coefficient (Wildman–Crippen LogP) is 4.90. The Morgan fingerprint density at radius 1 is 1.00 bits per heavy atom. The van der Waals surface area contributed by atoms with E-state index in [2.05, 4.69) is 19.8 Å². The van der Waals surface area contributed by atoms with Crippen molar-refractivity contribution in [1.82, 2.24) is 24.9 Å². The molecule has 3 aliphatic rings. The largest absolute Gasteiger partial charge is 0.378 e. The van der Waals surface area contributed by atoms with Crippen molar-refractivity contribution < 1.29 is 13.5 Å². The fourth-order valence-corrected chi connectivity index (χ4v) is 5.99. The van der Waals surface area contributed by atoms with Crippen LogP contribution in [0.2, 0.25) is 5.02 Å². The maximum Gasteiger partial charge on any atom is 0.249 e. The summed E-state index contributed by atoms with van der Waals surface area (Å²) >= 11 is 6.34. The van der Waals surface area contributed by atoms with E-state index in [1.807, 2.05) is 30.6 Å². The summed E-state index contributed by atoms with van der Waals surface area (Å²) in [7, 11) is 0. The third-order valence-electron chi connectivity index (χ3n) is 7.79. The van der Waals surface area contributed by atoms with Crippen LogP contribution in [0.5, 0.6) is 0 Å². The van der Waals surface area contributed by atoms with Gasteiger partial charge in [0.2, 0.25) is 17.8 Å². The van der Waals surface area contributed by atoms with E-state index in [0.717, 1.165) is 41.7 Å². The lowest BCUT2D eigenvalue weighted by atomic mass is 9.79. The second kappa shape index (κ2) is 9.13. The average molecular weight is 538 g/mol. The minimum atomic E-state index is -2.61. The lowest BCUT2D eigenvalue weighted by Gasteiger charge is -2.37. The highest BCUT2D eigenvalue weighted by Crippen LogP contribution is 2.48. The van der Waals surface area contributed by atoms with Crippen LogP contribution in [-0.2, 0) is 11.2 Å². The van der Waals surface area contributed by atoms with Gasteiger partial charge in [-0.3, -0.25) is 0 Å². The van der Waals surface area contributed by atoms with Gasteiger partial charge in [0.15, 0.2) is 0 Å². The molecule has 38 heavy (non-hydrogen) atoms. The first-order valence-corrected chi connectivity index (χ1v) is 13.2. The summed E-state index contributed by atoms with van der Waals surface area (Å²) in [6.07, 6.45) is 5.81. The smallest absolute Gasteiger partial charge is 0.249 e. The molecule has 4 aromatic rings. The van der Waals surface area contributed by atoms with Gasteiger partial charge in [-0.05, 0) is 36.2 Å². The van der Waals surface area contributed by atoms with Gasteiger partial charge in [0.05, 0.1) is 13.2 Å². The number of alkyl halides is 2. The molecule has 1 saturated heterocycles. The quantitative estimate of drug-likeness (QED) is 0.396. The molecular weight excluding hydrogens is 512 g/mol. The van der Waals surface area contributed by atoms with Crippen molar-refractivity contribution in [3.8, 4) is 0 Å². The molecule has 0 spiro atoms. The van der Waals surface area contributed by atoms with Crippen LogP contribution in [0.4, 0.5) is 20.7 Å². The Morgan fingerprint density at radius 2 is 1.79 bits per heavy atom. The number of fused-ring (bicyclic) bond motifs is 3. The molecule has 1 atom stereocenters. The molecule has 5 heterocycles. The van der Waals surface area contributed by atoms with Crippen LogP contribution in [0.15, 0.2) is 42.9 Å². The number of nitrogens with zero attached hydrogens (tertiary/aromatic N) is 6. The van der Waals surface area contributed by atoms with Crippen LogP contribution >= 0.6 is 11.6 Å². The van der Waals surface area contributed by atoms with Crippen molar-refractivity contribution in [3.63, 3.8) is 0 Å². The van der Waals surface area contributed by atoms with Crippen molar-refractivity contribution >= 4 is 34.4 Å². The van der Waals surface area contributed by atoms with Gasteiger partial charge < -0.3 is 19.5 Å². The number of aromatic amines is 1. The second-order valence-electron chi connectivity index (χ2n) is 10.2. The van der Waals surface area contributed by atoms with E-state index < -0.39 is 5.92 Å². The maximum atomic E-state index is 13.6. The number of hydrogen-bond donors (Lipinski definition) is 1. The Hall–Kier alpha value is -3.37. The van der Waals surface area contributed by atoms with Gasteiger partial charge in [-0.1, -0.05) is 11.6 Å². The zero-order chi connectivity index (χ0) is 25.9. The number of aromatic nitrogens is 5. The molecule has 0 bridgehead atoms. The monoisotopic (exact) mass is 537 g/mol. The zero-order valence-corrected chi connectivity index (χ0v) is 21.3. The first-order valence-electron chi connectivity index (χ1n) is 12.9. The molecule has 1 aromatic carbocycles. The lowest BCUT2D eigenvalue weighted by Crippen LogP contribution is -2.39. The highest BCUT2D eigenvalue weighted by Gasteiger charge is 2.46. The Balaban J connectivity index is 1.29. The number of hydrogen-bond acceptors (Lipinski definition) is 7. The van der Waals surface area contributed by atoms with Gasteiger partial charge in [-0.15, -0.1) is 0 Å². The number of halogens is 3. The van der Waals surface area contributed by atoms with Gasteiger partial charge in [0.1, 0.15) is 6.04 Å². The molecule has 1 saturated carbocycles. The van der Waals surface area contributed by atoms with Crippen molar-refractivity contribution in [2.45, 2.75) is 37.1 Å². The van der Waals surface area contributed by atoms with E-state index in [1.54, 1.807) is 12.3 Å². The molecule has 7 rings (SSSR count). The highest BCUT2D eigenvalue weighted by atomic mass is 35.5. The van der Waals surface area contributed by atoms with Crippen molar-refractivity contribution in [2.24, 2.45) is 0 Å². The normalized spacial score (nSPS) is 21.4. The molecular formula is C27H26ClF2N7O. The number of nitrogens with one attached hydrogen (secondary N) is 1. The summed E-state index contributed by atoms with van der Waals surface area (Å²) in [5, 5.41) is 1.78. The molecule has 3 aromatic heterocycles. The van der Waals surface area contributed by atoms with Gasteiger partial charge in [-0.25, -0.2) is 28.7 Å². The standard InChI is InChI=1S/C27H26ClF2N7O/c28-18-1-2-22-20(11-18)19-4-6-37(26-31-5-3-21(35-26)16-12-27(29,30)13-16)24(23(19)34-22)17-14-32-25(33-15-17)36-7-9-38-10-8-36/h1-3,5,11,14-16,24,34H,4,6-10,12-13H2/t24-/m0/s1. The summed E-state index contributed by atoms with van der Waals surface area (Å²) in [4.78, 5) is 26.6. The van der Waals surface area contributed by atoms with Crippen molar-refractivity contribution in [3.05, 3.63) is 70.4 Å². The van der Waals surface area contributed by atoms with Crippen LogP contribution in [0.25, 0.3) is 10.9 Å². The molecule has 2 fully saturated rings. The minimum absolute atomic E-state index is 0.170. The molecule has 1 N–H and O–H groups in total. The molecule has 8 nitrogen and oxygen atoms in total. The molecule has 0 radical (unpaired) electrons. The molecule has 11 heteroatoms. The van der Waals surface area contributed by atoms with Crippen LogP contribution < -0.4 is 9.80 Å². The third kappa shape index (κ3) is 4.16. The number of rotatable bonds is 4. The molecule has 196 valence electrons. The molecule has 1 aliphatic carbocycles. The number of morpholine rings is 1. The van der Waals surface area contributed by atoms with Gasteiger partial charge in [0.25, 0.3) is 0 Å². The highest BCUT2D eigenvalue weighted by molar-refractivity contribution is 6.31. The second-order valence-corrected chi connectivity index (χ2v) is 10.6. The number of anilines is 2. The Kier molecular flexibility index (Phi) is 5.70. The average Bonchev–Trinajstić information content (AvgIpc) is 3.29. The summed E-state index contributed by atoms with van der Waals surface area (Å²) in [6, 6.07) is 7.33. The van der Waals surface area contributed by atoms with E-state index in [1.165, 1.54) is 5.56 Å². The number of benzene rings is 1. The summed E-state index contributed by atoms with van der Waals surface area (Å²) in [5.74, 6) is -1.67. The molecule has 0 unspecified atom stereocenters. The van der Waals surface area contributed by atoms with Crippen LogP contribution in [-0.4, -0.2) is 63.7 Å². The Bertz CT molecular complexity index is 1480. The van der Waals surface area contributed by atoms with E-state index >= 15 is 0 Å². The maximum absolute atomic E-state index is 13.6. The van der Waals surface area contributed by atoms with Gasteiger partial charge in [0, 0.05) is 89.9 Å². The number of H-pyrrole nitrogens is 1. The SMILES string of the molecule is FC1(F)CC(c2ccnc(N3CCc4c([nH]c5ccc(Cl)cc45)[C@@H]3c3cnc(N4CCOCC4)nc3)n2)C1. The van der Waals surface area contributed by atoms with Crippen LogP contribution in [0, 0.1) is 0 Å². The lowest BCUT2D eigenvalue weighted by molar-refractivity contribution is -0.0876. The number of ether oxygens (including phenoxy) is 1. The summed E-state index contributed by atoms with van der Waals surface area (Å²) in [5.41, 5.74) is 4.76. The van der Waals surface area contributed by atoms with Gasteiger partial charge >= 0.3 is 0 Å². The topological polar surface area (TPSA) is 83.1 Å². The first kappa shape index (κ1) is 23.7. The zero-order valence-electron chi connectivity index (χ0n) is 20.6. The minimum Gasteiger partial charge on any atom is -0.378 e. The predicted molar refractivity (Wildman–Crippen MR) is 140 cm³/mol.